The summed E-state index contributed by atoms with van der Waals surface area (Å²) < 4.78 is 38.1. The summed E-state index contributed by atoms with van der Waals surface area (Å²) in [6.07, 6.45) is 2.03. The lowest BCUT2D eigenvalue weighted by Crippen LogP contribution is -2.38. The minimum Gasteiger partial charge on any atom is -0.375 e. The van der Waals surface area contributed by atoms with Gasteiger partial charge in [0.2, 0.25) is 5.91 Å². The standard InChI is InChI=1S/C16H20ClF3N2O/c17-13-8-7-11(16(18,19)20)9-14(13)21-10-15(23)22-12-5-3-1-2-4-6-12/h7-9,12,21H,1-6,10H2,(H,22,23). The van der Waals surface area contributed by atoms with Crippen molar-refractivity contribution in [2.24, 2.45) is 0 Å². The van der Waals surface area contributed by atoms with Gasteiger partial charge in [-0.3, -0.25) is 4.79 Å². The molecule has 128 valence electrons. The van der Waals surface area contributed by atoms with Gasteiger partial charge < -0.3 is 10.6 Å². The number of hydrogen-bond acceptors (Lipinski definition) is 2. The first-order chi connectivity index (χ1) is 10.9. The summed E-state index contributed by atoms with van der Waals surface area (Å²) in [5.74, 6) is -0.231. The van der Waals surface area contributed by atoms with E-state index in [1.54, 1.807) is 0 Å². The Labute approximate surface area is 138 Å². The average molecular weight is 349 g/mol. The minimum atomic E-state index is -4.44. The van der Waals surface area contributed by atoms with E-state index in [2.05, 4.69) is 10.6 Å². The quantitative estimate of drug-likeness (QED) is 0.780. The van der Waals surface area contributed by atoms with Crippen LogP contribution in [0.1, 0.15) is 44.1 Å². The van der Waals surface area contributed by atoms with Crippen LogP contribution in [0.15, 0.2) is 18.2 Å². The molecule has 2 N–H and O–H groups in total. The smallest absolute Gasteiger partial charge is 0.375 e. The van der Waals surface area contributed by atoms with Gasteiger partial charge in [0.1, 0.15) is 0 Å². The summed E-state index contributed by atoms with van der Waals surface area (Å²) in [7, 11) is 0. The second-order valence-corrected chi connectivity index (χ2v) is 6.21. The SMILES string of the molecule is O=C(CNc1cc(C(F)(F)F)ccc1Cl)NC1CCCCCC1. The molecule has 1 saturated carbocycles. The van der Waals surface area contributed by atoms with Gasteiger partial charge in [-0.05, 0) is 31.0 Å². The molecule has 0 aliphatic heterocycles. The fraction of sp³-hybridized carbons (Fsp3) is 0.562. The molecule has 0 saturated heterocycles. The molecule has 7 heteroatoms. The van der Waals surface area contributed by atoms with Gasteiger partial charge >= 0.3 is 6.18 Å². The molecule has 0 spiro atoms. The van der Waals surface area contributed by atoms with Crippen molar-refractivity contribution >= 4 is 23.2 Å². The molecule has 23 heavy (non-hydrogen) atoms. The number of carbonyl (C=O) groups is 1. The van der Waals surface area contributed by atoms with Crippen LogP contribution < -0.4 is 10.6 Å². The maximum absolute atomic E-state index is 12.7. The lowest BCUT2D eigenvalue weighted by Gasteiger charge is -2.17. The zero-order chi connectivity index (χ0) is 16.9. The van der Waals surface area contributed by atoms with Crippen LogP contribution in [0.2, 0.25) is 5.02 Å². The van der Waals surface area contributed by atoms with Crippen molar-refractivity contribution in [3.05, 3.63) is 28.8 Å². The lowest BCUT2D eigenvalue weighted by atomic mass is 10.1. The number of alkyl halides is 3. The van der Waals surface area contributed by atoms with Gasteiger partial charge in [-0.1, -0.05) is 37.3 Å². The largest absolute Gasteiger partial charge is 0.416 e. The van der Waals surface area contributed by atoms with E-state index in [0.717, 1.165) is 37.8 Å². The molecule has 0 heterocycles. The highest BCUT2D eigenvalue weighted by atomic mass is 35.5. The second-order valence-electron chi connectivity index (χ2n) is 5.80. The molecule has 1 aromatic carbocycles. The van der Waals surface area contributed by atoms with Crippen molar-refractivity contribution in [1.82, 2.24) is 5.32 Å². The van der Waals surface area contributed by atoms with E-state index >= 15 is 0 Å². The molecule has 0 unspecified atom stereocenters. The second kappa shape index (κ2) is 7.90. The highest BCUT2D eigenvalue weighted by Crippen LogP contribution is 2.33. The normalized spacial score (nSPS) is 16.7. The number of rotatable bonds is 4. The summed E-state index contributed by atoms with van der Waals surface area (Å²) in [5.41, 5.74) is -0.689. The average Bonchev–Trinajstić information content (AvgIpc) is 2.74. The zero-order valence-electron chi connectivity index (χ0n) is 12.7. The van der Waals surface area contributed by atoms with Crippen LogP contribution in [0, 0.1) is 0 Å². The molecule has 0 radical (unpaired) electrons. The van der Waals surface area contributed by atoms with Gasteiger partial charge in [0, 0.05) is 6.04 Å². The first-order valence-electron chi connectivity index (χ1n) is 7.76. The Kier molecular flexibility index (Phi) is 6.16. The summed E-state index contributed by atoms with van der Waals surface area (Å²) in [6, 6.07) is 3.17. The minimum absolute atomic E-state index is 0.0997. The Morgan fingerprint density at radius 1 is 1.17 bits per heavy atom. The van der Waals surface area contributed by atoms with E-state index in [1.807, 2.05) is 0 Å². The van der Waals surface area contributed by atoms with Crippen LogP contribution in [0.3, 0.4) is 0 Å². The van der Waals surface area contributed by atoms with Crippen LogP contribution >= 0.6 is 11.6 Å². The molecule has 0 aromatic heterocycles. The lowest BCUT2D eigenvalue weighted by molar-refractivity contribution is -0.137. The van der Waals surface area contributed by atoms with Gasteiger partial charge in [-0.2, -0.15) is 13.2 Å². The Morgan fingerprint density at radius 2 is 1.83 bits per heavy atom. The summed E-state index contributed by atoms with van der Waals surface area (Å²) >= 11 is 5.88. The van der Waals surface area contributed by atoms with Crippen LogP contribution in [0.5, 0.6) is 0 Å². The third kappa shape index (κ3) is 5.61. The van der Waals surface area contributed by atoms with Crippen LogP contribution in [0.25, 0.3) is 0 Å². The fourth-order valence-corrected chi connectivity index (χ4v) is 2.90. The first kappa shape index (κ1) is 17.9. The van der Waals surface area contributed by atoms with Crippen molar-refractivity contribution < 1.29 is 18.0 Å². The van der Waals surface area contributed by atoms with E-state index in [-0.39, 0.29) is 29.2 Å². The van der Waals surface area contributed by atoms with E-state index < -0.39 is 11.7 Å². The van der Waals surface area contributed by atoms with Crippen molar-refractivity contribution in [2.45, 2.75) is 50.7 Å². The topological polar surface area (TPSA) is 41.1 Å². The van der Waals surface area contributed by atoms with Crippen LogP contribution in [0.4, 0.5) is 18.9 Å². The Bertz CT molecular complexity index is 541. The number of carbonyl (C=O) groups excluding carboxylic acids is 1. The number of anilines is 1. The monoisotopic (exact) mass is 348 g/mol. The number of halogens is 4. The van der Waals surface area contributed by atoms with Gasteiger partial charge in [-0.15, -0.1) is 0 Å². The van der Waals surface area contributed by atoms with Crippen LogP contribution in [-0.2, 0) is 11.0 Å². The molecule has 1 amide bonds. The molecule has 3 nitrogen and oxygen atoms in total. The van der Waals surface area contributed by atoms with Gasteiger partial charge in [-0.25, -0.2) is 0 Å². The maximum atomic E-state index is 12.7. The number of benzene rings is 1. The van der Waals surface area contributed by atoms with Crippen molar-refractivity contribution in [3.8, 4) is 0 Å². The van der Waals surface area contributed by atoms with Crippen LogP contribution in [-0.4, -0.2) is 18.5 Å². The third-order valence-corrected chi connectivity index (χ3v) is 4.28. The maximum Gasteiger partial charge on any atom is 0.416 e. The fourth-order valence-electron chi connectivity index (χ4n) is 2.71. The van der Waals surface area contributed by atoms with Crippen molar-refractivity contribution in [2.75, 3.05) is 11.9 Å². The summed E-state index contributed by atoms with van der Waals surface area (Å²) in [4.78, 5) is 12.0. The predicted octanol–water partition coefficient (Wildman–Crippen LogP) is 4.61. The van der Waals surface area contributed by atoms with Gasteiger partial charge in [0.05, 0.1) is 22.8 Å². The van der Waals surface area contributed by atoms with Crippen molar-refractivity contribution in [3.63, 3.8) is 0 Å². The summed E-state index contributed by atoms with van der Waals surface area (Å²) in [5, 5.41) is 5.77. The Hall–Kier alpha value is -1.43. The molecule has 0 bridgehead atoms. The first-order valence-corrected chi connectivity index (χ1v) is 8.14. The Morgan fingerprint density at radius 3 is 2.43 bits per heavy atom. The molecule has 1 fully saturated rings. The number of amides is 1. The highest BCUT2D eigenvalue weighted by molar-refractivity contribution is 6.33. The molecule has 0 atom stereocenters. The third-order valence-electron chi connectivity index (χ3n) is 3.95. The van der Waals surface area contributed by atoms with E-state index in [9.17, 15) is 18.0 Å². The molecular formula is C16H20ClF3N2O. The Balaban J connectivity index is 1.90. The van der Waals surface area contributed by atoms with E-state index in [4.69, 9.17) is 11.6 Å². The molecular weight excluding hydrogens is 329 g/mol. The van der Waals surface area contributed by atoms with Gasteiger partial charge in [0.15, 0.2) is 0 Å². The number of hydrogen-bond donors (Lipinski definition) is 2. The van der Waals surface area contributed by atoms with E-state index in [1.165, 1.54) is 18.9 Å². The summed E-state index contributed by atoms with van der Waals surface area (Å²) in [6.45, 7) is -0.0997. The molecule has 1 aliphatic rings. The zero-order valence-corrected chi connectivity index (χ0v) is 13.4. The predicted molar refractivity (Wildman–Crippen MR) is 84.6 cm³/mol. The number of nitrogens with one attached hydrogen (secondary N) is 2. The molecule has 1 aliphatic carbocycles. The van der Waals surface area contributed by atoms with E-state index in [0.29, 0.717) is 0 Å². The van der Waals surface area contributed by atoms with Gasteiger partial charge in [0.25, 0.3) is 0 Å². The molecule has 2 rings (SSSR count). The molecule has 1 aromatic rings. The van der Waals surface area contributed by atoms with Crippen molar-refractivity contribution in [1.29, 1.82) is 0 Å². The highest BCUT2D eigenvalue weighted by Gasteiger charge is 2.31.